The Bertz CT molecular complexity index is 984. The van der Waals surface area contributed by atoms with Crippen molar-refractivity contribution in [1.82, 2.24) is 9.34 Å². The van der Waals surface area contributed by atoms with E-state index in [0.717, 1.165) is 0 Å². The van der Waals surface area contributed by atoms with Gasteiger partial charge in [-0.15, -0.1) is 0 Å². The zero-order valence-corrected chi connectivity index (χ0v) is 20.3. The molecule has 0 N–H and O–H groups in total. The molecule has 0 amide bonds. The van der Waals surface area contributed by atoms with E-state index in [1.807, 2.05) is 0 Å². The van der Waals surface area contributed by atoms with E-state index >= 15 is 0 Å². The molecule has 2 aliphatic heterocycles. The van der Waals surface area contributed by atoms with E-state index in [0.29, 0.717) is 17.7 Å². The van der Waals surface area contributed by atoms with Gasteiger partial charge in [0.05, 0.1) is 0 Å². The van der Waals surface area contributed by atoms with Gasteiger partial charge in [0.25, 0.3) is 0 Å². The molecule has 2 aromatic carbocycles. The van der Waals surface area contributed by atoms with Crippen molar-refractivity contribution in [2.75, 3.05) is 48.5 Å². The van der Waals surface area contributed by atoms with Crippen LogP contribution in [0.15, 0.2) is 60.7 Å². The topological polar surface area (TPSA) is 86.8 Å². The summed E-state index contributed by atoms with van der Waals surface area (Å²) in [5, 5.41) is 0. The van der Waals surface area contributed by atoms with Gasteiger partial charge in [0.15, 0.2) is 0 Å². The molecule has 2 aliphatic rings. The summed E-state index contributed by atoms with van der Waals surface area (Å²) in [4.78, 5) is 27.7. The molecule has 178 valence electrons. The van der Waals surface area contributed by atoms with Crippen LogP contribution >= 0.6 is 7.59 Å². The fourth-order valence-electron chi connectivity index (χ4n) is 4.73. The first kappa shape index (κ1) is 23.8. The number of hydrogen-bond acceptors (Lipinski definition) is 9. The Morgan fingerprint density at radius 1 is 0.879 bits per heavy atom. The molecule has 2 fully saturated rings. The summed E-state index contributed by atoms with van der Waals surface area (Å²) in [5.74, 6) is -1.62. The average molecular weight is 476 g/mol. The fraction of sp³-hybridized carbons (Fsp3) is 0.391. The van der Waals surface area contributed by atoms with Gasteiger partial charge in [0.1, 0.15) is 0 Å². The molecule has 0 bridgehead atoms. The van der Waals surface area contributed by atoms with Gasteiger partial charge in [-0.25, -0.2) is 0 Å². The third-order valence-corrected chi connectivity index (χ3v) is 10.8. The predicted molar refractivity (Wildman–Crippen MR) is 122 cm³/mol. The van der Waals surface area contributed by atoms with Crippen molar-refractivity contribution in [3.05, 3.63) is 71.8 Å². The minimum absolute atomic E-state index is 0.282. The van der Waals surface area contributed by atoms with Crippen LogP contribution in [-0.2, 0) is 43.8 Å². The number of rotatable bonds is 5. The first-order valence-corrected chi connectivity index (χ1v) is 12.4. The molecule has 0 saturated carbocycles. The molecule has 2 unspecified atom stereocenters. The van der Waals surface area contributed by atoms with Crippen LogP contribution < -0.4 is 0 Å². The molecular weight excluding hydrogens is 447 g/mol. The molecule has 4 rings (SSSR count). The zero-order valence-electron chi connectivity index (χ0n) is 19.4. The van der Waals surface area contributed by atoms with Gasteiger partial charge in [-0.3, -0.25) is 0 Å². The summed E-state index contributed by atoms with van der Waals surface area (Å²) in [6, 6.07) is 17.4. The number of carbonyl (C=O) groups excluding carboxylic acids is 2. The maximum atomic E-state index is 13.9. The standard InChI is InChI=1S/C23H29N2O7P/c1-24(2)33(25(3)16-17-30-33)31-22(20(26)28-4,18-12-8-6-9-13-18)23(32-33,21(27)29-5)19-14-10-7-11-15-19/h6-15H,16-17H2,1-5H3. The predicted octanol–water partition coefficient (Wildman–Crippen LogP) is 2.82. The fourth-order valence-corrected chi connectivity index (χ4v) is 8.88. The van der Waals surface area contributed by atoms with Gasteiger partial charge in [-0.1, -0.05) is 0 Å². The van der Waals surface area contributed by atoms with E-state index in [-0.39, 0.29) is 6.61 Å². The second kappa shape index (κ2) is 8.13. The van der Waals surface area contributed by atoms with E-state index in [1.165, 1.54) is 14.2 Å². The van der Waals surface area contributed by atoms with Crippen LogP contribution in [0.4, 0.5) is 0 Å². The quantitative estimate of drug-likeness (QED) is 0.478. The number of hydrogen-bond donors (Lipinski definition) is 0. The Kier molecular flexibility index (Phi) is 5.85. The second-order valence-electron chi connectivity index (χ2n) is 8.12. The number of esters is 2. The van der Waals surface area contributed by atoms with Crippen molar-refractivity contribution in [2.45, 2.75) is 11.2 Å². The average Bonchev–Trinajstić information content (AvgIpc) is 3.34. The van der Waals surface area contributed by atoms with E-state index in [9.17, 15) is 9.59 Å². The summed E-state index contributed by atoms with van der Waals surface area (Å²) in [6.07, 6.45) is 0. The Labute approximate surface area is 193 Å². The SMILES string of the molecule is COC(=O)C1(c2ccccc2)OP2(N(C)C)(OCCN2C)OC1(C(=O)OC)c1ccccc1. The summed E-state index contributed by atoms with van der Waals surface area (Å²) in [5.41, 5.74) is -3.40. The number of carbonyl (C=O) groups is 2. The Hall–Kier alpha value is -2.39. The molecule has 2 atom stereocenters. The summed E-state index contributed by atoms with van der Waals surface area (Å²) < 4.78 is 34.1. The number of methoxy groups -OCH3 is 2. The van der Waals surface area contributed by atoms with Crippen molar-refractivity contribution in [2.24, 2.45) is 0 Å². The van der Waals surface area contributed by atoms with Crippen molar-refractivity contribution >= 4 is 19.5 Å². The third-order valence-electron chi connectivity index (χ3n) is 6.36. The second-order valence-corrected chi connectivity index (χ2v) is 11.8. The van der Waals surface area contributed by atoms with Gasteiger partial charge in [-0.2, -0.15) is 0 Å². The molecule has 2 heterocycles. The molecular formula is C23H29N2O7P. The zero-order chi connectivity index (χ0) is 23.9. The molecule has 2 saturated heterocycles. The normalized spacial score (nSPS) is 29.5. The van der Waals surface area contributed by atoms with Crippen molar-refractivity contribution < 1.29 is 32.6 Å². The monoisotopic (exact) mass is 476 g/mol. The Morgan fingerprint density at radius 2 is 1.30 bits per heavy atom. The molecule has 2 aromatic rings. The van der Waals surface area contributed by atoms with Crippen LogP contribution in [-0.4, -0.2) is 69.8 Å². The minimum atomic E-state index is -4.44. The summed E-state index contributed by atoms with van der Waals surface area (Å²) in [7, 11) is 3.32. The van der Waals surface area contributed by atoms with E-state index < -0.39 is 30.7 Å². The van der Waals surface area contributed by atoms with Gasteiger partial charge < -0.3 is 0 Å². The Morgan fingerprint density at radius 3 is 1.61 bits per heavy atom. The van der Waals surface area contributed by atoms with Crippen LogP contribution in [0, 0.1) is 0 Å². The van der Waals surface area contributed by atoms with Crippen molar-refractivity contribution in [1.29, 1.82) is 0 Å². The molecule has 0 radical (unpaired) electrons. The molecule has 33 heavy (non-hydrogen) atoms. The summed E-state index contributed by atoms with van der Waals surface area (Å²) >= 11 is 0. The van der Waals surface area contributed by atoms with Crippen molar-refractivity contribution in [3.8, 4) is 0 Å². The van der Waals surface area contributed by atoms with Crippen molar-refractivity contribution in [3.63, 3.8) is 0 Å². The van der Waals surface area contributed by atoms with Gasteiger partial charge in [0.2, 0.25) is 0 Å². The number of nitrogens with zero attached hydrogens (tertiary/aromatic N) is 2. The number of ether oxygens (including phenoxy) is 2. The Balaban J connectivity index is 2.20. The first-order valence-electron chi connectivity index (χ1n) is 10.5. The van der Waals surface area contributed by atoms with Crippen LogP contribution in [0.5, 0.6) is 0 Å². The number of likely N-dealkylation sites (N-methyl/N-ethyl adjacent to an activating group) is 1. The van der Waals surface area contributed by atoms with Crippen LogP contribution in [0.3, 0.4) is 0 Å². The van der Waals surface area contributed by atoms with Crippen LogP contribution in [0.1, 0.15) is 11.1 Å². The first-order chi connectivity index (χ1) is 15.7. The molecule has 10 heteroatoms. The van der Waals surface area contributed by atoms with Gasteiger partial charge in [0, 0.05) is 0 Å². The maximum absolute atomic E-state index is 13.9. The van der Waals surface area contributed by atoms with Gasteiger partial charge in [-0.05, 0) is 0 Å². The van der Waals surface area contributed by atoms with Gasteiger partial charge >= 0.3 is 193 Å². The number of benzene rings is 2. The molecule has 9 nitrogen and oxygen atoms in total. The summed E-state index contributed by atoms with van der Waals surface area (Å²) in [6.45, 7) is 0.749. The van der Waals surface area contributed by atoms with Crippen LogP contribution in [0.25, 0.3) is 0 Å². The molecule has 0 aliphatic carbocycles. The third kappa shape index (κ3) is 2.87. The van der Waals surface area contributed by atoms with E-state index in [2.05, 4.69) is 0 Å². The van der Waals surface area contributed by atoms with E-state index in [4.69, 9.17) is 23.0 Å². The van der Waals surface area contributed by atoms with Crippen LogP contribution in [0.2, 0.25) is 0 Å². The molecule has 1 spiro atoms. The van der Waals surface area contributed by atoms with E-state index in [1.54, 1.807) is 91.1 Å². The molecule has 0 aromatic heterocycles.